The Balaban J connectivity index is 1.35. The molecule has 0 N–H and O–H groups in total. The second-order valence-corrected chi connectivity index (χ2v) is 9.22. The van der Waals surface area contributed by atoms with Crippen LogP contribution in [0.4, 0.5) is 5.69 Å². The molecule has 3 aromatic carbocycles. The van der Waals surface area contributed by atoms with Crippen molar-refractivity contribution in [2.75, 3.05) is 0 Å². The molecule has 0 unspecified atom stereocenters. The summed E-state index contributed by atoms with van der Waals surface area (Å²) in [5, 5.41) is 25.8. The van der Waals surface area contributed by atoms with E-state index < -0.39 is 10.5 Å². The van der Waals surface area contributed by atoms with E-state index in [4.69, 9.17) is 8.83 Å². The van der Waals surface area contributed by atoms with Gasteiger partial charge in [-0.25, -0.2) is 9.78 Å². The standard InChI is InChI=1S/C29H15N3O5S/c30-15-19(13-21-9-11-26(36-21)18-5-3-6-20(12-18)32(34)35)28-31-25(16-38-28)24-14-23-22-7-2-1-4-17(22)8-10-27(23)37-29(24)33/h1-14,16H. The number of nitro benzene ring substituents is 1. The first kappa shape index (κ1) is 23.1. The molecular weight excluding hydrogens is 502 g/mol. The van der Waals surface area contributed by atoms with Gasteiger partial charge in [-0.2, -0.15) is 5.26 Å². The molecule has 0 amide bonds. The van der Waals surface area contributed by atoms with Crippen molar-refractivity contribution in [2.45, 2.75) is 0 Å². The molecule has 8 nitrogen and oxygen atoms in total. The molecule has 0 saturated carbocycles. The SMILES string of the molecule is N#CC(=Cc1ccc(-c2cccc([N+](=O)[O-])c2)o1)c1nc(-c2cc3c(ccc4ccccc43)oc2=O)cs1. The summed E-state index contributed by atoms with van der Waals surface area (Å²) in [6.45, 7) is 0. The van der Waals surface area contributed by atoms with Gasteiger partial charge in [0.2, 0.25) is 0 Å². The minimum absolute atomic E-state index is 0.0461. The van der Waals surface area contributed by atoms with E-state index in [1.807, 2.05) is 30.3 Å². The lowest BCUT2D eigenvalue weighted by molar-refractivity contribution is -0.384. The van der Waals surface area contributed by atoms with Gasteiger partial charge in [0, 0.05) is 34.5 Å². The fourth-order valence-corrected chi connectivity index (χ4v) is 5.00. The lowest BCUT2D eigenvalue weighted by atomic mass is 10.0. The molecule has 0 atom stereocenters. The van der Waals surface area contributed by atoms with Gasteiger partial charge < -0.3 is 8.83 Å². The number of benzene rings is 3. The molecule has 9 heteroatoms. The highest BCUT2D eigenvalue weighted by Crippen LogP contribution is 2.31. The van der Waals surface area contributed by atoms with Crippen molar-refractivity contribution in [3.8, 4) is 28.7 Å². The van der Waals surface area contributed by atoms with E-state index in [1.165, 1.54) is 23.5 Å². The van der Waals surface area contributed by atoms with E-state index in [9.17, 15) is 20.2 Å². The van der Waals surface area contributed by atoms with Crippen molar-refractivity contribution in [3.63, 3.8) is 0 Å². The zero-order chi connectivity index (χ0) is 26.2. The van der Waals surface area contributed by atoms with Crippen LogP contribution in [0.15, 0.2) is 97.9 Å². The van der Waals surface area contributed by atoms with Crippen LogP contribution in [-0.4, -0.2) is 9.91 Å². The maximum absolute atomic E-state index is 12.8. The predicted molar refractivity (Wildman–Crippen MR) is 145 cm³/mol. The number of aromatic nitrogens is 1. The van der Waals surface area contributed by atoms with Crippen molar-refractivity contribution in [1.29, 1.82) is 5.26 Å². The first-order chi connectivity index (χ1) is 18.5. The quantitative estimate of drug-likeness (QED) is 0.0772. The summed E-state index contributed by atoms with van der Waals surface area (Å²) in [6.07, 6.45) is 1.54. The first-order valence-corrected chi connectivity index (χ1v) is 12.3. The van der Waals surface area contributed by atoms with Crippen LogP contribution in [0.25, 0.3) is 56.0 Å². The number of fused-ring (bicyclic) bond motifs is 3. The van der Waals surface area contributed by atoms with E-state index in [2.05, 4.69) is 11.1 Å². The molecular formula is C29H15N3O5S. The minimum Gasteiger partial charge on any atom is -0.457 e. The monoisotopic (exact) mass is 517 g/mol. The zero-order valence-corrected chi connectivity index (χ0v) is 20.3. The molecule has 38 heavy (non-hydrogen) atoms. The van der Waals surface area contributed by atoms with Gasteiger partial charge in [-0.05, 0) is 35.0 Å². The van der Waals surface area contributed by atoms with Gasteiger partial charge in [0.25, 0.3) is 5.69 Å². The Labute approximate surface area is 218 Å². The summed E-state index contributed by atoms with van der Waals surface area (Å²) < 4.78 is 11.4. The highest BCUT2D eigenvalue weighted by Gasteiger charge is 2.16. The van der Waals surface area contributed by atoms with Crippen LogP contribution in [0, 0.1) is 21.4 Å². The number of nitrogens with zero attached hydrogens (tertiary/aromatic N) is 3. The van der Waals surface area contributed by atoms with E-state index >= 15 is 0 Å². The highest BCUT2D eigenvalue weighted by atomic mass is 32.1. The molecule has 6 aromatic rings. The zero-order valence-electron chi connectivity index (χ0n) is 19.5. The van der Waals surface area contributed by atoms with Gasteiger partial charge in [-0.1, -0.05) is 42.5 Å². The number of thiazole rings is 1. The highest BCUT2D eigenvalue weighted by molar-refractivity contribution is 7.11. The van der Waals surface area contributed by atoms with E-state index in [-0.39, 0.29) is 11.3 Å². The molecule has 3 aromatic heterocycles. The average molecular weight is 518 g/mol. The van der Waals surface area contributed by atoms with E-state index in [1.54, 1.807) is 47.9 Å². The van der Waals surface area contributed by atoms with Crippen molar-refractivity contribution in [2.24, 2.45) is 0 Å². The number of hydrogen-bond acceptors (Lipinski definition) is 8. The largest absolute Gasteiger partial charge is 0.457 e. The van der Waals surface area contributed by atoms with Crippen molar-refractivity contribution in [1.82, 2.24) is 4.98 Å². The van der Waals surface area contributed by atoms with Gasteiger partial charge in [-0.3, -0.25) is 10.1 Å². The van der Waals surface area contributed by atoms with Crippen LogP contribution >= 0.6 is 11.3 Å². The molecule has 3 heterocycles. The summed E-state index contributed by atoms with van der Waals surface area (Å²) >= 11 is 1.22. The third-order valence-electron chi connectivity index (χ3n) is 6.03. The van der Waals surface area contributed by atoms with Gasteiger partial charge in [-0.15, -0.1) is 11.3 Å². The topological polar surface area (TPSA) is 123 Å². The van der Waals surface area contributed by atoms with Crippen molar-refractivity contribution < 1.29 is 13.8 Å². The Kier molecular flexibility index (Phi) is 5.64. The number of furan rings is 1. The first-order valence-electron chi connectivity index (χ1n) is 11.4. The summed E-state index contributed by atoms with van der Waals surface area (Å²) in [5.74, 6) is 0.814. The molecule has 0 aliphatic heterocycles. The van der Waals surface area contributed by atoms with Gasteiger partial charge >= 0.3 is 5.63 Å². The Morgan fingerprint density at radius 1 is 1.00 bits per heavy atom. The van der Waals surface area contributed by atoms with Crippen LogP contribution in [0.5, 0.6) is 0 Å². The van der Waals surface area contributed by atoms with E-state index in [0.29, 0.717) is 38.9 Å². The van der Waals surface area contributed by atoms with Gasteiger partial charge in [0.15, 0.2) is 0 Å². The Morgan fingerprint density at radius 2 is 1.87 bits per heavy atom. The molecule has 0 spiro atoms. The maximum atomic E-state index is 12.8. The Hall–Kier alpha value is -5.33. The van der Waals surface area contributed by atoms with Gasteiger partial charge in [0.05, 0.1) is 21.8 Å². The number of nitriles is 1. The Bertz CT molecular complexity index is 2010. The lowest BCUT2D eigenvalue weighted by Crippen LogP contribution is -2.03. The number of nitro groups is 1. The van der Waals surface area contributed by atoms with Crippen LogP contribution in [0.1, 0.15) is 10.8 Å². The molecule has 0 aliphatic carbocycles. The van der Waals surface area contributed by atoms with E-state index in [0.717, 1.165) is 16.2 Å². The second kappa shape index (κ2) is 9.28. The second-order valence-electron chi connectivity index (χ2n) is 8.36. The lowest BCUT2D eigenvalue weighted by Gasteiger charge is -2.04. The summed E-state index contributed by atoms with van der Waals surface area (Å²) in [5.41, 5.74) is 1.44. The minimum atomic E-state index is -0.514. The fourth-order valence-electron chi connectivity index (χ4n) is 4.21. The maximum Gasteiger partial charge on any atom is 0.345 e. The molecule has 0 radical (unpaired) electrons. The smallest absolute Gasteiger partial charge is 0.345 e. The van der Waals surface area contributed by atoms with Crippen LogP contribution in [0.2, 0.25) is 0 Å². The number of hydrogen-bond donors (Lipinski definition) is 0. The predicted octanol–water partition coefficient (Wildman–Crippen LogP) is 7.30. The molecule has 0 saturated heterocycles. The summed E-state index contributed by atoms with van der Waals surface area (Å²) in [4.78, 5) is 27.9. The Morgan fingerprint density at radius 3 is 2.71 bits per heavy atom. The fraction of sp³-hybridized carbons (Fsp3) is 0. The summed E-state index contributed by atoms with van der Waals surface area (Å²) in [7, 11) is 0. The number of rotatable bonds is 5. The molecule has 0 bridgehead atoms. The van der Waals surface area contributed by atoms with Crippen LogP contribution in [0.3, 0.4) is 0 Å². The molecule has 6 rings (SSSR count). The normalized spacial score (nSPS) is 11.6. The van der Waals surface area contributed by atoms with Crippen molar-refractivity contribution in [3.05, 3.63) is 116 Å². The molecule has 0 fully saturated rings. The third-order valence-corrected chi connectivity index (χ3v) is 6.90. The molecule has 0 aliphatic rings. The summed E-state index contributed by atoms with van der Waals surface area (Å²) in [6, 6.07) is 24.9. The van der Waals surface area contributed by atoms with Gasteiger partial charge in [0.1, 0.15) is 28.2 Å². The molecule has 182 valence electrons. The number of non-ortho nitro benzene ring substituents is 1. The average Bonchev–Trinajstić information content (AvgIpc) is 3.61. The van der Waals surface area contributed by atoms with Crippen LogP contribution < -0.4 is 5.63 Å². The number of allylic oxidation sites excluding steroid dienone is 1. The third kappa shape index (κ3) is 4.15. The van der Waals surface area contributed by atoms with Crippen molar-refractivity contribution >= 4 is 50.4 Å². The van der Waals surface area contributed by atoms with Crippen LogP contribution in [-0.2, 0) is 0 Å².